The van der Waals surface area contributed by atoms with Crippen molar-refractivity contribution in [2.45, 2.75) is 18.0 Å². The molecule has 1 unspecified atom stereocenters. The molecule has 2 aromatic carbocycles. The summed E-state index contributed by atoms with van der Waals surface area (Å²) in [5, 5.41) is 0.594. The second-order valence-corrected chi connectivity index (χ2v) is 8.36. The Kier molecular flexibility index (Phi) is 5.27. The van der Waals surface area contributed by atoms with Crippen LogP contribution in [0.5, 0.6) is 0 Å². The fourth-order valence-electron chi connectivity index (χ4n) is 2.66. The fraction of sp³-hybridized carbons (Fsp3) is 0.167. The summed E-state index contributed by atoms with van der Waals surface area (Å²) < 4.78 is 29.5. The molecular weight excluding hydrogens is 393 g/mol. The van der Waals surface area contributed by atoms with Crippen molar-refractivity contribution < 1.29 is 8.42 Å². The molecule has 3 rings (SSSR count). The molecule has 136 valence electrons. The lowest BCUT2D eigenvalue weighted by molar-refractivity contribution is 0.579. The highest BCUT2D eigenvalue weighted by molar-refractivity contribution is 7.92. The quantitative estimate of drug-likeness (QED) is 0.614. The van der Waals surface area contributed by atoms with Gasteiger partial charge in [0.1, 0.15) is 0 Å². The summed E-state index contributed by atoms with van der Waals surface area (Å²) in [6, 6.07) is 15.5. The Morgan fingerprint density at radius 3 is 2.19 bits per heavy atom. The summed E-state index contributed by atoms with van der Waals surface area (Å²) in [5.74, 6) is 0. The predicted molar refractivity (Wildman–Crippen MR) is 104 cm³/mol. The van der Waals surface area contributed by atoms with E-state index in [1.807, 2.05) is 25.1 Å². The predicted octanol–water partition coefficient (Wildman–Crippen LogP) is 4.68. The van der Waals surface area contributed by atoms with E-state index in [0.29, 0.717) is 10.7 Å². The molecule has 0 amide bonds. The van der Waals surface area contributed by atoms with Crippen LogP contribution in [0.1, 0.15) is 18.5 Å². The smallest absolute Gasteiger partial charge is 0.283 e. The van der Waals surface area contributed by atoms with Crippen molar-refractivity contribution in [2.24, 2.45) is 7.05 Å². The van der Waals surface area contributed by atoms with Gasteiger partial charge in [0, 0.05) is 18.3 Å². The molecule has 0 N–H and O–H groups in total. The average Bonchev–Trinajstić information content (AvgIpc) is 2.96. The first-order valence-electron chi connectivity index (χ1n) is 7.84. The molecule has 0 spiro atoms. The number of aryl methyl sites for hydroxylation is 1. The third kappa shape index (κ3) is 3.58. The molecule has 0 saturated heterocycles. The molecule has 26 heavy (non-hydrogen) atoms. The molecule has 0 saturated carbocycles. The number of anilines is 1. The lowest BCUT2D eigenvalue weighted by atomic mass is 10.1. The fourth-order valence-corrected chi connectivity index (χ4v) is 4.61. The van der Waals surface area contributed by atoms with E-state index < -0.39 is 16.1 Å². The van der Waals surface area contributed by atoms with Gasteiger partial charge in [0.25, 0.3) is 10.0 Å². The maximum atomic E-state index is 13.3. The van der Waals surface area contributed by atoms with Gasteiger partial charge in [-0.2, -0.15) is 8.42 Å². The Bertz CT molecular complexity index is 983. The first-order valence-corrected chi connectivity index (χ1v) is 10.0. The summed E-state index contributed by atoms with van der Waals surface area (Å²) in [7, 11) is -2.29. The van der Waals surface area contributed by atoms with Crippen LogP contribution in [0.25, 0.3) is 0 Å². The van der Waals surface area contributed by atoms with E-state index in [1.54, 1.807) is 43.4 Å². The molecule has 0 radical (unpaired) electrons. The van der Waals surface area contributed by atoms with Crippen LogP contribution >= 0.6 is 23.2 Å². The lowest BCUT2D eigenvalue weighted by Gasteiger charge is -2.30. The van der Waals surface area contributed by atoms with E-state index in [1.165, 1.54) is 15.1 Å². The summed E-state index contributed by atoms with van der Waals surface area (Å²) in [6.45, 7) is 1.82. The van der Waals surface area contributed by atoms with Crippen LogP contribution in [0.3, 0.4) is 0 Å². The van der Waals surface area contributed by atoms with Gasteiger partial charge in [0.2, 0.25) is 5.28 Å². The van der Waals surface area contributed by atoms with Crippen LogP contribution in [0.15, 0.2) is 65.8 Å². The zero-order valence-corrected chi connectivity index (χ0v) is 16.5. The summed E-state index contributed by atoms with van der Waals surface area (Å²) >= 11 is 11.9. The molecular formula is C18H17Cl2N3O2S. The standard InChI is InChI=1S/C18H17Cl2N3O2S/c1-13(14-8-10-15(19)11-9-14)23(16-6-4-3-5-7-16)26(24,25)17-12-22(2)18(20)21-17/h3-13H,1-2H3. The van der Waals surface area contributed by atoms with Crippen LogP contribution in [0, 0.1) is 0 Å². The third-order valence-electron chi connectivity index (χ3n) is 4.04. The molecule has 3 aromatic rings. The Hall–Kier alpha value is -2.02. The van der Waals surface area contributed by atoms with E-state index in [2.05, 4.69) is 4.98 Å². The molecule has 0 aliphatic heterocycles. The van der Waals surface area contributed by atoms with Gasteiger partial charge in [-0.3, -0.25) is 4.31 Å². The number of hydrogen-bond acceptors (Lipinski definition) is 3. The van der Waals surface area contributed by atoms with Gasteiger partial charge in [0.15, 0.2) is 5.03 Å². The normalized spacial score (nSPS) is 12.8. The minimum absolute atomic E-state index is 0.102. The number of nitrogens with zero attached hydrogens (tertiary/aromatic N) is 3. The first-order chi connectivity index (χ1) is 12.3. The van der Waals surface area contributed by atoms with Crippen LogP contribution in [-0.4, -0.2) is 18.0 Å². The average molecular weight is 410 g/mol. The van der Waals surface area contributed by atoms with Crippen molar-refractivity contribution in [1.82, 2.24) is 9.55 Å². The molecule has 1 aromatic heterocycles. The van der Waals surface area contributed by atoms with Crippen LogP contribution in [-0.2, 0) is 17.1 Å². The Labute approximate surface area is 162 Å². The minimum Gasteiger partial charge on any atom is -0.323 e. The van der Waals surface area contributed by atoms with Crippen molar-refractivity contribution in [3.63, 3.8) is 0 Å². The summed E-state index contributed by atoms with van der Waals surface area (Å²) in [4.78, 5) is 4.00. The highest BCUT2D eigenvalue weighted by atomic mass is 35.5. The van der Waals surface area contributed by atoms with Crippen LogP contribution in [0.4, 0.5) is 5.69 Å². The Balaban J connectivity index is 2.13. The molecule has 0 bridgehead atoms. The van der Waals surface area contributed by atoms with E-state index in [-0.39, 0.29) is 10.3 Å². The molecule has 1 atom stereocenters. The maximum Gasteiger partial charge on any atom is 0.283 e. The van der Waals surface area contributed by atoms with E-state index >= 15 is 0 Å². The molecule has 0 aliphatic carbocycles. The van der Waals surface area contributed by atoms with Crippen molar-refractivity contribution in [3.05, 3.63) is 76.7 Å². The van der Waals surface area contributed by atoms with Gasteiger partial charge in [-0.25, -0.2) is 4.98 Å². The number of rotatable bonds is 5. The van der Waals surface area contributed by atoms with Crippen molar-refractivity contribution in [3.8, 4) is 0 Å². The molecule has 1 heterocycles. The van der Waals surface area contributed by atoms with E-state index in [0.717, 1.165) is 5.56 Å². The highest BCUT2D eigenvalue weighted by Crippen LogP contribution is 2.33. The zero-order valence-electron chi connectivity index (χ0n) is 14.2. The number of hydrogen-bond donors (Lipinski definition) is 0. The molecule has 0 fully saturated rings. The topological polar surface area (TPSA) is 55.2 Å². The number of halogens is 2. The molecule has 5 nitrogen and oxygen atoms in total. The maximum absolute atomic E-state index is 13.3. The zero-order chi connectivity index (χ0) is 18.9. The van der Waals surface area contributed by atoms with Crippen molar-refractivity contribution in [1.29, 1.82) is 0 Å². The first kappa shape index (κ1) is 18.8. The van der Waals surface area contributed by atoms with Gasteiger partial charge in [-0.1, -0.05) is 41.9 Å². The second-order valence-electron chi connectivity index (χ2n) is 5.82. The van der Waals surface area contributed by atoms with E-state index in [9.17, 15) is 8.42 Å². The van der Waals surface area contributed by atoms with Crippen LogP contribution < -0.4 is 4.31 Å². The number of benzene rings is 2. The van der Waals surface area contributed by atoms with Gasteiger partial charge in [-0.05, 0) is 48.4 Å². The van der Waals surface area contributed by atoms with Gasteiger partial charge in [-0.15, -0.1) is 0 Å². The Morgan fingerprint density at radius 1 is 1.04 bits per heavy atom. The monoisotopic (exact) mass is 409 g/mol. The number of para-hydroxylation sites is 1. The summed E-state index contributed by atoms with van der Waals surface area (Å²) in [5.41, 5.74) is 1.35. The molecule has 8 heteroatoms. The van der Waals surface area contributed by atoms with E-state index in [4.69, 9.17) is 23.2 Å². The number of imidazole rings is 1. The molecule has 0 aliphatic rings. The Morgan fingerprint density at radius 2 is 1.65 bits per heavy atom. The van der Waals surface area contributed by atoms with Crippen molar-refractivity contribution >= 4 is 38.9 Å². The number of sulfonamides is 1. The van der Waals surface area contributed by atoms with Crippen molar-refractivity contribution in [2.75, 3.05) is 4.31 Å². The minimum atomic E-state index is -3.93. The second kappa shape index (κ2) is 7.31. The lowest BCUT2D eigenvalue weighted by Crippen LogP contribution is -2.34. The highest BCUT2D eigenvalue weighted by Gasteiger charge is 2.32. The largest absolute Gasteiger partial charge is 0.323 e. The van der Waals surface area contributed by atoms with Gasteiger partial charge >= 0.3 is 0 Å². The SMILES string of the molecule is CC(c1ccc(Cl)cc1)N(c1ccccc1)S(=O)(=O)c1cn(C)c(Cl)n1. The van der Waals surface area contributed by atoms with Gasteiger partial charge in [0.05, 0.1) is 11.7 Å². The third-order valence-corrected chi connectivity index (χ3v) is 6.41. The van der Waals surface area contributed by atoms with Gasteiger partial charge < -0.3 is 4.57 Å². The number of aromatic nitrogens is 2. The van der Waals surface area contributed by atoms with Crippen LogP contribution in [0.2, 0.25) is 10.3 Å². The summed E-state index contributed by atoms with van der Waals surface area (Å²) in [6.07, 6.45) is 1.40.